The van der Waals surface area contributed by atoms with E-state index >= 15 is 0 Å². The molecule has 12 rings (SSSR count). The Hall–Kier alpha value is -9.30. The highest BCUT2D eigenvalue weighted by Crippen LogP contribution is 2.47. The lowest BCUT2D eigenvalue weighted by Gasteiger charge is -2.30. The number of benzene rings is 6. The second-order valence-corrected chi connectivity index (χ2v) is 35.6. The quantitative estimate of drug-likeness (QED) is 0.0598. The summed E-state index contributed by atoms with van der Waals surface area (Å²) in [6.07, 6.45) is 13.9. The number of hydrogen-bond acceptors (Lipinski definition) is 17. The molecule has 0 bridgehead atoms. The molecule has 6 aromatic carbocycles. The molecule has 0 unspecified atom stereocenters. The average molecular weight is 1780 g/mol. The van der Waals surface area contributed by atoms with Crippen molar-refractivity contribution in [2.75, 3.05) is 35.2 Å². The monoisotopic (exact) mass is 1780 g/mol. The summed E-state index contributed by atoms with van der Waals surface area (Å²) < 4.78 is 32.9. The van der Waals surface area contributed by atoms with E-state index in [-0.39, 0.29) is 75.7 Å². The second-order valence-electron chi connectivity index (χ2n) is 31.8. The topological polar surface area (TPSA) is 252 Å². The van der Waals surface area contributed by atoms with Gasteiger partial charge in [-0.3, -0.25) is 37.9 Å². The number of carboxylic acids is 1. The molecule has 0 radical (unpaired) electrons. The van der Waals surface area contributed by atoms with E-state index in [9.17, 15) is 28.8 Å². The fraction of sp³-hybridized carbons (Fsp3) is 0.284. The normalized spacial score (nSPS) is 12.4. The van der Waals surface area contributed by atoms with Gasteiger partial charge >= 0.3 is 17.9 Å². The molecule has 0 aliphatic heterocycles. The number of esters is 2. The number of halogens is 9. The zero-order valence-corrected chi connectivity index (χ0v) is 75.1. The predicted molar refractivity (Wildman–Crippen MR) is 472 cm³/mol. The highest BCUT2D eigenvalue weighted by molar-refractivity contribution is 6.44. The molecule has 30 heteroatoms. The van der Waals surface area contributed by atoms with Crippen molar-refractivity contribution in [3.63, 3.8) is 0 Å². The molecule has 2 N–H and O–H groups in total. The fourth-order valence-corrected chi connectivity index (χ4v) is 16.0. The van der Waals surface area contributed by atoms with Gasteiger partial charge in [-0.2, -0.15) is 0 Å². The molecule has 0 aliphatic rings. The van der Waals surface area contributed by atoms with Crippen LogP contribution in [0.2, 0.25) is 45.2 Å². The van der Waals surface area contributed by atoms with E-state index in [1.807, 2.05) is 178 Å². The molecular weight excluding hydrogens is 1690 g/mol. The Kier molecular flexibility index (Phi) is 27.4. The third kappa shape index (κ3) is 19.1. The van der Waals surface area contributed by atoms with Gasteiger partial charge in [-0.1, -0.05) is 156 Å². The van der Waals surface area contributed by atoms with Gasteiger partial charge in [-0.15, -0.1) is 0 Å². The first-order chi connectivity index (χ1) is 55.0. The van der Waals surface area contributed by atoms with Crippen molar-refractivity contribution in [1.82, 2.24) is 44.3 Å². The third-order valence-electron chi connectivity index (χ3n) is 19.8. The van der Waals surface area contributed by atoms with Crippen LogP contribution >= 0.6 is 104 Å². The SMILES string of the molecule is CNC(C)(C)c1onc(-c2c(Cl)cc(Cl)cc2Cl)c1C(=O)n1cc(C)c2c(/C=C/C(=O)OC(C)(C)C)cccc21.Cc1cn(C(=O)c2c(-c3c(Cl)cc(Cl)cc3Cl)noc2C(C)(C)N(C)C)c2cccc(/C=C/C(=O)O)c12.Cc1cn(C(=O)c2c(-c3c(Cl)cc(Cl)cc3Cl)noc2C(C)(C)N(C)C)c2cccc(/C=C/C(=O)OC(C)(C)C)c12. The first kappa shape index (κ1) is 91.0. The Morgan fingerprint density at radius 1 is 0.424 bits per heavy atom. The molecule has 0 amide bonds. The first-order valence-corrected chi connectivity index (χ1v) is 40.1. The van der Waals surface area contributed by atoms with Crippen LogP contribution in [0.1, 0.15) is 165 Å². The van der Waals surface area contributed by atoms with Gasteiger partial charge in [0.15, 0.2) is 17.3 Å². The Balaban J connectivity index is 0.000000187. The van der Waals surface area contributed by atoms with Crippen molar-refractivity contribution in [2.45, 2.75) is 132 Å². The Morgan fingerprint density at radius 3 is 0.941 bits per heavy atom. The van der Waals surface area contributed by atoms with Crippen molar-refractivity contribution in [3.8, 4) is 33.8 Å². The molecule has 6 aromatic heterocycles. The minimum atomic E-state index is -1.06. The van der Waals surface area contributed by atoms with Gasteiger partial charge in [0.1, 0.15) is 45.0 Å². The van der Waals surface area contributed by atoms with Crippen molar-refractivity contribution >= 4 is 191 Å². The van der Waals surface area contributed by atoms with Crippen LogP contribution in [0.25, 0.3) is 84.7 Å². The second kappa shape index (κ2) is 35.6. The standard InChI is InChI=1S/C31H32Cl3N3O4.C30H30Cl3N3O4.C27H24Cl3N3O4/c1-17-16-37(22-11-9-10-18(24(17)22)12-13-23(38)40-30(2,3)4)29(39)26-27(25-20(33)14-19(32)15-21(25)34)35-41-28(26)31(5,6)36(7)8;1-16-15-36(21-10-8-9-17(23(16)21)11-12-22(37)39-29(2,3)4)28(38)25-26(35-40-27(25)30(5,6)34-7)24-19(32)13-18(31)14-20(24)33;1-14-13-33(19-8-6-7-15(21(14)19)9-10-20(34)35)26(36)23-24(22-17(29)11-16(28)12-18(22)30)31-37-25(23)27(2,3)32(4)5/h9-16H,1-8H3;8-15,34H,1-7H3;6-13H,1-5H3,(H,34,35)/b13-12+;12-11+;10-9+. The van der Waals surface area contributed by atoms with E-state index in [4.69, 9.17) is 133 Å². The molecule has 0 saturated carbocycles. The van der Waals surface area contributed by atoms with Gasteiger partial charge in [0.05, 0.1) is 63.3 Å². The van der Waals surface area contributed by atoms with E-state index < -0.39 is 51.6 Å². The molecular formula is C88H86Cl9N9O12. The lowest BCUT2D eigenvalue weighted by molar-refractivity contribution is -0.149. The molecule has 6 heterocycles. The molecule has 618 valence electrons. The molecule has 0 fully saturated rings. The number of rotatable bonds is 18. The lowest BCUT2D eigenvalue weighted by Crippen LogP contribution is -2.36. The third-order valence-corrected chi connectivity index (χ3v) is 22.3. The minimum Gasteiger partial charge on any atom is -0.478 e. The molecule has 21 nitrogen and oxygen atoms in total. The summed E-state index contributed by atoms with van der Waals surface area (Å²) >= 11 is 57.7. The van der Waals surface area contributed by atoms with Crippen LogP contribution in [-0.2, 0) is 40.5 Å². The summed E-state index contributed by atoms with van der Waals surface area (Å²) in [5.74, 6) is -2.13. The number of carbonyl (C=O) groups excluding carboxylic acids is 5. The highest BCUT2D eigenvalue weighted by atomic mass is 35.5. The van der Waals surface area contributed by atoms with Crippen LogP contribution in [0.3, 0.4) is 0 Å². The van der Waals surface area contributed by atoms with Crippen molar-refractivity contribution in [3.05, 3.63) is 240 Å². The van der Waals surface area contributed by atoms with Gasteiger partial charge in [0.2, 0.25) is 0 Å². The summed E-state index contributed by atoms with van der Waals surface area (Å²) in [4.78, 5) is 82.7. The summed E-state index contributed by atoms with van der Waals surface area (Å²) in [6, 6.07) is 25.6. The Bertz CT molecular complexity index is 6020. The number of fused-ring (bicyclic) bond motifs is 3. The van der Waals surface area contributed by atoms with Gasteiger partial charge in [-0.25, -0.2) is 14.4 Å². The van der Waals surface area contributed by atoms with E-state index in [1.54, 1.807) is 77.3 Å². The number of ether oxygens (including phenoxy) is 2. The number of hydrogen-bond donors (Lipinski definition) is 2. The van der Waals surface area contributed by atoms with E-state index in [2.05, 4.69) is 20.8 Å². The molecule has 0 saturated heterocycles. The van der Waals surface area contributed by atoms with Crippen molar-refractivity contribution < 1.29 is 56.9 Å². The van der Waals surface area contributed by atoms with Gasteiger partial charge in [0.25, 0.3) is 17.7 Å². The zero-order valence-electron chi connectivity index (χ0n) is 68.3. The summed E-state index contributed by atoms with van der Waals surface area (Å²) in [7, 11) is 9.27. The van der Waals surface area contributed by atoms with Crippen molar-refractivity contribution in [2.24, 2.45) is 0 Å². The number of carbonyl (C=O) groups is 6. The smallest absolute Gasteiger partial charge is 0.331 e. The fourth-order valence-electron chi connectivity index (χ4n) is 13.0. The van der Waals surface area contributed by atoms with Crippen molar-refractivity contribution in [1.29, 1.82) is 0 Å². The lowest BCUT2D eigenvalue weighted by atomic mass is 9.93. The number of aryl methyl sites for hydroxylation is 3. The molecule has 118 heavy (non-hydrogen) atoms. The van der Waals surface area contributed by atoms with Crippen LogP contribution in [0.5, 0.6) is 0 Å². The van der Waals surface area contributed by atoms with Crippen LogP contribution in [0.4, 0.5) is 0 Å². The summed E-state index contributed by atoms with van der Waals surface area (Å²) in [5.41, 5.74) is 5.40. The molecule has 0 spiro atoms. The van der Waals surface area contributed by atoms with Crippen LogP contribution < -0.4 is 5.32 Å². The number of nitrogens with one attached hydrogen (secondary N) is 1. The van der Waals surface area contributed by atoms with E-state index in [0.717, 1.165) is 50.1 Å². The number of nitrogens with zero attached hydrogens (tertiary/aromatic N) is 8. The van der Waals surface area contributed by atoms with Gasteiger partial charge < -0.3 is 33.5 Å². The summed E-state index contributed by atoms with van der Waals surface area (Å²) in [6.45, 7) is 27.9. The summed E-state index contributed by atoms with van der Waals surface area (Å²) in [5, 5.41) is 29.9. The van der Waals surface area contributed by atoms with E-state index in [0.29, 0.717) is 71.2 Å². The molecule has 12 aromatic rings. The number of carboxylic acid groups (broad SMARTS) is 1. The van der Waals surface area contributed by atoms with Crippen LogP contribution in [0, 0.1) is 20.8 Å². The molecule has 0 aliphatic carbocycles. The van der Waals surface area contributed by atoms with Crippen LogP contribution in [-0.4, -0.2) is 126 Å². The largest absolute Gasteiger partial charge is 0.478 e. The molecule has 0 atom stereocenters. The predicted octanol–water partition coefficient (Wildman–Crippen LogP) is 23.6. The van der Waals surface area contributed by atoms with E-state index in [1.165, 1.54) is 47.1 Å². The Morgan fingerprint density at radius 2 is 0.686 bits per heavy atom. The first-order valence-electron chi connectivity index (χ1n) is 36.7. The van der Waals surface area contributed by atoms with Gasteiger partial charge in [0, 0.05) is 84.7 Å². The minimum absolute atomic E-state index is 0.197. The maximum Gasteiger partial charge on any atom is 0.331 e. The average Bonchev–Trinajstić information content (AvgIpc) is 1.59. The maximum atomic E-state index is 14.5. The number of aromatic nitrogens is 6. The zero-order chi connectivity index (χ0) is 87.2. The Labute approximate surface area is 727 Å². The highest BCUT2D eigenvalue weighted by Gasteiger charge is 2.42. The van der Waals surface area contributed by atoms with Gasteiger partial charge in [-0.05, 0) is 245 Å². The maximum absolute atomic E-state index is 14.5. The number of aliphatic carboxylic acids is 1. The van der Waals surface area contributed by atoms with Crippen LogP contribution in [0.15, 0.2) is 141 Å².